The number of benzene rings is 11. The molecule has 314 valence electrons. The molecule has 0 atom stereocenters. The lowest BCUT2D eigenvalue weighted by Crippen LogP contribution is -2.28. The van der Waals surface area contributed by atoms with Gasteiger partial charge in [-0.25, -0.2) is 0 Å². The molecule has 0 spiro atoms. The quantitative estimate of drug-likeness (QED) is 0.151. The molecular weight excluding hydrogens is 811 g/mol. The van der Waals surface area contributed by atoms with Crippen molar-refractivity contribution in [2.24, 2.45) is 0 Å². The van der Waals surface area contributed by atoms with Crippen molar-refractivity contribution in [2.45, 2.75) is 5.41 Å². The van der Waals surface area contributed by atoms with E-state index in [1.807, 2.05) is 12.1 Å². The summed E-state index contributed by atoms with van der Waals surface area (Å²) >= 11 is 0. The van der Waals surface area contributed by atoms with Crippen LogP contribution in [0.5, 0.6) is 0 Å². The first-order valence-electron chi connectivity index (χ1n) is 23.1. The summed E-state index contributed by atoms with van der Waals surface area (Å²) in [5.74, 6) is 0. The van der Waals surface area contributed by atoms with Crippen molar-refractivity contribution in [1.29, 1.82) is 0 Å². The van der Waals surface area contributed by atoms with Crippen molar-refractivity contribution >= 4 is 49.8 Å². The molecule has 2 heteroatoms. The Labute approximate surface area is 390 Å². The molecule has 1 heterocycles. The van der Waals surface area contributed by atoms with Crippen LogP contribution in [0.3, 0.4) is 0 Å². The summed E-state index contributed by atoms with van der Waals surface area (Å²) in [7, 11) is 0. The fraction of sp³-hybridized carbons (Fsp3) is 0.0154. The number of para-hydroxylation sites is 2. The smallest absolute Gasteiger partial charge is 0.136 e. The van der Waals surface area contributed by atoms with Crippen molar-refractivity contribution in [3.05, 3.63) is 283 Å². The zero-order valence-electron chi connectivity index (χ0n) is 36.7. The number of rotatable bonds is 8. The Morgan fingerprint density at radius 2 is 0.866 bits per heavy atom. The molecule has 1 aliphatic carbocycles. The number of hydrogen-bond donors (Lipinski definition) is 0. The SMILES string of the molecule is c1ccc(C2(c3ccccc3)c3ccccc3-c3c(N(c4ccc(-c5cccc(-c6cccc7ccccc67)c5)cc4)c4ccccc4-c4ccc5c(c4)oc4ccccc45)cccc32)cc1. The molecule has 0 bridgehead atoms. The molecule has 0 saturated heterocycles. The third kappa shape index (κ3) is 6.18. The van der Waals surface area contributed by atoms with Crippen LogP contribution in [0.2, 0.25) is 0 Å². The molecule has 0 amide bonds. The Kier molecular flexibility index (Phi) is 9.11. The van der Waals surface area contributed by atoms with E-state index in [-0.39, 0.29) is 0 Å². The molecule has 2 nitrogen and oxygen atoms in total. The van der Waals surface area contributed by atoms with Crippen LogP contribution >= 0.6 is 0 Å². The standard InChI is InChI=1S/C65H43NO/c1-3-22-49(23-4-1)65(50-24-5-2-6-25-50)58-31-12-9-29-57(58)64-59(65)32-17-34-61(64)66(60-33-13-10-27-54(60)48-38-41-56-55-28-11-14-35-62(55)67-63(56)43-48)51-39-36-44(37-40-51)46-20-15-21-47(42-46)53-30-16-19-45-18-7-8-26-52(45)53/h1-43H. The number of furan rings is 1. The second kappa shape index (κ2) is 15.8. The van der Waals surface area contributed by atoms with E-state index in [0.29, 0.717) is 0 Å². The van der Waals surface area contributed by atoms with E-state index in [2.05, 4.69) is 254 Å². The Balaban J connectivity index is 1.02. The van der Waals surface area contributed by atoms with Crippen LogP contribution in [0.15, 0.2) is 265 Å². The topological polar surface area (TPSA) is 16.4 Å². The monoisotopic (exact) mass is 853 g/mol. The maximum atomic E-state index is 6.49. The summed E-state index contributed by atoms with van der Waals surface area (Å²) in [6, 6.07) is 95.1. The van der Waals surface area contributed by atoms with Gasteiger partial charge in [-0.15, -0.1) is 0 Å². The van der Waals surface area contributed by atoms with E-state index in [9.17, 15) is 0 Å². The molecule has 0 fully saturated rings. The van der Waals surface area contributed by atoms with Gasteiger partial charge in [0.2, 0.25) is 0 Å². The minimum Gasteiger partial charge on any atom is -0.456 e. The lowest BCUT2D eigenvalue weighted by atomic mass is 9.68. The van der Waals surface area contributed by atoms with Gasteiger partial charge in [0.15, 0.2) is 0 Å². The maximum absolute atomic E-state index is 6.49. The number of anilines is 3. The summed E-state index contributed by atoms with van der Waals surface area (Å²) in [6.45, 7) is 0. The average molecular weight is 854 g/mol. The highest BCUT2D eigenvalue weighted by Gasteiger charge is 2.47. The van der Waals surface area contributed by atoms with Gasteiger partial charge in [0, 0.05) is 27.6 Å². The molecule has 0 aliphatic heterocycles. The van der Waals surface area contributed by atoms with Gasteiger partial charge in [-0.05, 0) is 115 Å². The van der Waals surface area contributed by atoms with Crippen molar-refractivity contribution in [3.8, 4) is 44.5 Å². The molecule has 12 aromatic rings. The fourth-order valence-corrected chi connectivity index (χ4v) is 11.0. The van der Waals surface area contributed by atoms with Crippen LogP contribution in [0.4, 0.5) is 17.1 Å². The summed E-state index contributed by atoms with van der Waals surface area (Å²) < 4.78 is 6.49. The van der Waals surface area contributed by atoms with E-state index in [0.717, 1.165) is 55.7 Å². The minimum absolute atomic E-state index is 0.541. The average Bonchev–Trinajstić information content (AvgIpc) is 3.93. The van der Waals surface area contributed by atoms with E-state index < -0.39 is 5.41 Å². The van der Waals surface area contributed by atoms with Gasteiger partial charge in [-0.2, -0.15) is 0 Å². The van der Waals surface area contributed by atoms with Crippen molar-refractivity contribution in [2.75, 3.05) is 4.90 Å². The third-order valence-corrected chi connectivity index (χ3v) is 14.0. The predicted molar refractivity (Wildman–Crippen MR) is 280 cm³/mol. The number of hydrogen-bond acceptors (Lipinski definition) is 2. The van der Waals surface area contributed by atoms with E-state index in [1.54, 1.807) is 0 Å². The highest BCUT2D eigenvalue weighted by molar-refractivity contribution is 6.07. The predicted octanol–water partition coefficient (Wildman–Crippen LogP) is 17.6. The molecule has 1 aromatic heterocycles. The largest absolute Gasteiger partial charge is 0.456 e. The molecule has 0 N–H and O–H groups in total. The van der Waals surface area contributed by atoms with Gasteiger partial charge in [0.1, 0.15) is 11.2 Å². The third-order valence-electron chi connectivity index (χ3n) is 14.0. The van der Waals surface area contributed by atoms with Gasteiger partial charge in [0.05, 0.1) is 16.8 Å². The first-order chi connectivity index (χ1) is 33.2. The fourth-order valence-electron chi connectivity index (χ4n) is 11.0. The second-order valence-electron chi connectivity index (χ2n) is 17.5. The van der Waals surface area contributed by atoms with Crippen LogP contribution in [-0.2, 0) is 5.41 Å². The van der Waals surface area contributed by atoms with Gasteiger partial charge >= 0.3 is 0 Å². The highest BCUT2D eigenvalue weighted by Crippen LogP contribution is 2.60. The Morgan fingerprint density at radius 1 is 0.313 bits per heavy atom. The zero-order valence-corrected chi connectivity index (χ0v) is 36.7. The molecule has 1 aliphatic rings. The Hall–Kier alpha value is -8.72. The van der Waals surface area contributed by atoms with Crippen molar-refractivity contribution in [3.63, 3.8) is 0 Å². The van der Waals surface area contributed by atoms with Crippen LogP contribution in [0, 0.1) is 0 Å². The number of fused-ring (bicyclic) bond motifs is 7. The van der Waals surface area contributed by atoms with Crippen molar-refractivity contribution in [1.82, 2.24) is 0 Å². The molecule has 67 heavy (non-hydrogen) atoms. The number of nitrogens with zero attached hydrogens (tertiary/aromatic N) is 1. The molecule has 0 radical (unpaired) electrons. The van der Waals surface area contributed by atoms with Crippen LogP contribution in [0.1, 0.15) is 22.3 Å². The maximum Gasteiger partial charge on any atom is 0.136 e. The summed E-state index contributed by atoms with van der Waals surface area (Å²) in [4.78, 5) is 2.48. The normalized spacial score (nSPS) is 12.6. The van der Waals surface area contributed by atoms with E-state index in [1.165, 1.54) is 60.8 Å². The molecule has 13 rings (SSSR count). The lowest BCUT2D eigenvalue weighted by Gasteiger charge is -2.34. The van der Waals surface area contributed by atoms with E-state index >= 15 is 0 Å². The Bertz CT molecular complexity index is 3760. The van der Waals surface area contributed by atoms with Crippen LogP contribution in [0.25, 0.3) is 77.2 Å². The Morgan fingerprint density at radius 3 is 1.69 bits per heavy atom. The molecular formula is C65H43NO. The summed E-state index contributed by atoms with van der Waals surface area (Å²) in [5.41, 5.74) is 18.9. The van der Waals surface area contributed by atoms with Gasteiger partial charge in [0.25, 0.3) is 0 Å². The second-order valence-corrected chi connectivity index (χ2v) is 17.5. The van der Waals surface area contributed by atoms with E-state index in [4.69, 9.17) is 4.42 Å². The van der Waals surface area contributed by atoms with Gasteiger partial charge in [-0.3, -0.25) is 0 Å². The summed E-state index contributed by atoms with van der Waals surface area (Å²) in [6.07, 6.45) is 0. The first kappa shape index (κ1) is 38.7. The van der Waals surface area contributed by atoms with Crippen LogP contribution in [-0.4, -0.2) is 0 Å². The highest BCUT2D eigenvalue weighted by atomic mass is 16.3. The summed E-state index contributed by atoms with van der Waals surface area (Å²) in [5, 5.41) is 4.74. The van der Waals surface area contributed by atoms with Gasteiger partial charge in [-0.1, -0.05) is 212 Å². The molecule has 11 aromatic carbocycles. The molecule has 0 saturated carbocycles. The first-order valence-corrected chi connectivity index (χ1v) is 23.1. The zero-order chi connectivity index (χ0) is 44.3. The van der Waals surface area contributed by atoms with Crippen LogP contribution < -0.4 is 4.90 Å². The minimum atomic E-state index is -0.541. The lowest BCUT2D eigenvalue weighted by molar-refractivity contribution is 0.669. The molecule has 0 unspecified atom stereocenters. The van der Waals surface area contributed by atoms with Gasteiger partial charge < -0.3 is 9.32 Å². The van der Waals surface area contributed by atoms with Crippen molar-refractivity contribution < 1.29 is 4.42 Å².